The molecule has 7 heteroatoms. The lowest BCUT2D eigenvalue weighted by molar-refractivity contribution is -0.118. The van der Waals surface area contributed by atoms with E-state index in [0.717, 1.165) is 21.1 Å². The summed E-state index contributed by atoms with van der Waals surface area (Å²) < 4.78 is 3.95. The number of aryl methyl sites for hydroxylation is 1. The molecule has 0 saturated carbocycles. The molecule has 0 aliphatic carbocycles. The van der Waals surface area contributed by atoms with Gasteiger partial charge in [0.25, 0.3) is 0 Å². The molecule has 1 aromatic heterocycles. The highest BCUT2D eigenvalue weighted by Crippen LogP contribution is 2.51. The molecule has 2 aromatic carbocycles. The number of para-hydroxylation sites is 1. The van der Waals surface area contributed by atoms with Gasteiger partial charge in [0.2, 0.25) is 0 Å². The predicted molar refractivity (Wildman–Crippen MR) is 110 cm³/mol. The minimum Gasteiger partial charge on any atom is -0.294 e. The van der Waals surface area contributed by atoms with Gasteiger partial charge in [-0.2, -0.15) is 0 Å². The molecule has 2 heterocycles. The van der Waals surface area contributed by atoms with Crippen LogP contribution in [0.25, 0.3) is 11.0 Å². The topological polar surface area (TPSA) is 61.1 Å². The number of nitrogens with zero attached hydrogens (tertiary/aromatic N) is 2. The number of halogens is 1. The van der Waals surface area contributed by atoms with E-state index in [1.165, 1.54) is 0 Å². The van der Waals surface area contributed by atoms with Gasteiger partial charge in [-0.3, -0.25) is 18.7 Å². The summed E-state index contributed by atoms with van der Waals surface area (Å²) in [5.74, 6) is 0. The Bertz CT molecular complexity index is 1100. The van der Waals surface area contributed by atoms with E-state index in [2.05, 4.69) is 15.9 Å². The van der Waals surface area contributed by atoms with E-state index in [1.54, 1.807) is 16.2 Å². The number of hydrogen-bond acceptors (Lipinski definition) is 3. The first kappa shape index (κ1) is 18.3. The standard InChI is InChI=1S/C20H18BrN2O3P/c1-22-18-14(21)8-5-9-15(18)23(20(22)26)16-10-11-17(24)27(19(16)25)12-13-6-3-2-4-7-13/h2-9,16H,10-12H2,1H3. The van der Waals surface area contributed by atoms with Crippen molar-refractivity contribution in [2.75, 3.05) is 0 Å². The van der Waals surface area contributed by atoms with E-state index < -0.39 is 14.0 Å². The first-order valence-electron chi connectivity index (χ1n) is 8.72. The summed E-state index contributed by atoms with van der Waals surface area (Å²) in [4.78, 5) is 38.7. The van der Waals surface area contributed by atoms with Crippen LogP contribution in [0.15, 0.2) is 57.8 Å². The van der Waals surface area contributed by atoms with E-state index in [9.17, 15) is 14.4 Å². The monoisotopic (exact) mass is 444 g/mol. The lowest BCUT2D eigenvalue weighted by Crippen LogP contribution is -2.33. The zero-order valence-electron chi connectivity index (χ0n) is 14.8. The molecule has 1 aliphatic rings. The Hall–Kier alpha value is -2.04. The zero-order valence-corrected chi connectivity index (χ0v) is 17.2. The molecular weight excluding hydrogens is 427 g/mol. The smallest absolute Gasteiger partial charge is 0.294 e. The fraction of sp³-hybridized carbons (Fsp3) is 0.250. The number of fused-ring (bicyclic) bond motifs is 1. The van der Waals surface area contributed by atoms with Crippen LogP contribution in [0.4, 0.5) is 0 Å². The number of imidazole rings is 1. The number of rotatable bonds is 3. The molecule has 4 rings (SSSR count). The lowest BCUT2D eigenvalue weighted by atomic mass is 10.1. The fourth-order valence-electron chi connectivity index (χ4n) is 3.68. The van der Waals surface area contributed by atoms with Gasteiger partial charge in [-0.1, -0.05) is 36.4 Å². The largest absolute Gasteiger partial charge is 0.329 e. The summed E-state index contributed by atoms with van der Waals surface area (Å²) in [6.07, 6.45) is 1.18. The van der Waals surface area contributed by atoms with Crippen LogP contribution in [0.3, 0.4) is 0 Å². The molecule has 1 aliphatic heterocycles. The van der Waals surface area contributed by atoms with E-state index in [0.29, 0.717) is 19.0 Å². The highest BCUT2D eigenvalue weighted by molar-refractivity contribution is 9.10. The Kier molecular flexibility index (Phi) is 4.87. The second-order valence-corrected chi connectivity index (χ2v) is 9.64. The van der Waals surface area contributed by atoms with Gasteiger partial charge in [0.15, 0.2) is 11.0 Å². The molecule has 2 unspecified atom stereocenters. The van der Waals surface area contributed by atoms with Gasteiger partial charge in [-0.05, 0) is 40.0 Å². The van der Waals surface area contributed by atoms with Crippen molar-refractivity contribution < 1.29 is 9.59 Å². The van der Waals surface area contributed by atoms with Gasteiger partial charge in [-0.15, -0.1) is 0 Å². The van der Waals surface area contributed by atoms with Gasteiger partial charge in [0.1, 0.15) is 6.04 Å². The molecule has 0 bridgehead atoms. The van der Waals surface area contributed by atoms with E-state index in [-0.39, 0.29) is 16.7 Å². The van der Waals surface area contributed by atoms with E-state index in [1.807, 2.05) is 48.5 Å². The summed E-state index contributed by atoms with van der Waals surface area (Å²) in [5, 5.41) is 0. The van der Waals surface area contributed by atoms with Crippen molar-refractivity contribution in [3.05, 3.63) is 69.1 Å². The second-order valence-electron chi connectivity index (χ2n) is 6.68. The van der Waals surface area contributed by atoms with Crippen molar-refractivity contribution in [1.29, 1.82) is 0 Å². The summed E-state index contributed by atoms with van der Waals surface area (Å²) in [6, 6.07) is 14.6. The summed E-state index contributed by atoms with van der Waals surface area (Å²) in [6.45, 7) is 0. The summed E-state index contributed by atoms with van der Waals surface area (Å²) >= 11 is 3.49. The molecule has 138 valence electrons. The van der Waals surface area contributed by atoms with Crippen molar-refractivity contribution in [3.8, 4) is 0 Å². The Morgan fingerprint density at radius 3 is 2.56 bits per heavy atom. The molecule has 3 aromatic rings. The average molecular weight is 445 g/mol. The maximum Gasteiger partial charge on any atom is 0.329 e. The number of hydrogen-bond donors (Lipinski definition) is 0. The molecule has 2 atom stereocenters. The van der Waals surface area contributed by atoms with Crippen LogP contribution >= 0.6 is 23.9 Å². The highest BCUT2D eigenvalue weighted by Gasteiger charge is 2.39. The first-order chi connectivity index (χ1) is 13.0. The van der Waals surface area contributed by atoms with Crippen molar-refractivity contribution >= 4 is 45.9 Å². The van der Waals surface area contributed by atoms with Gasteiger partial charge >= 0.3 is 5.69 Å². The van der Waals surface area contributed by atoms with Crippen LogP contribution in [0.2, 0.25) is 0 Å². The lowest BCUT2D eigenvalue weighted by Gasteiger charge is -2.27. The molecular formula is C20H18BrN2O3P. The minimum absolute atomic E-state index is 0.0320. The van der Waals surface area contributed by atoms with E-state index >= 15 is 0 Å². The van der Waals surface area contributed by atoms with Gasteiger partial charge in [0.05, 0.1) is 11.0 Å². The first-order valence-corrected chi connectivity index (χ1v) is 11.0. The quantitative estimate of drug-likeness (QED) is 0.569. The number of carbonyl (C=O) groups excluding carboxylic acids is 2. The molecule has 0 amide bonds. The predicted octanol–water partition coefficient (Wildman–Crippen LogP) is 4.17. The zero-order chi connectivity index (χ0) is 19.1. The Balaban J connectivity index is 1.77. The third kappa shape index (κ3) is 3.11. The van der Waals surface area contributed by atoms with Crippen molar-refractivity contribution in [2.45, 2.75) is 25.0 Å². The molecule has 27 heavy (non-hydrogen) atoms. The SMILES string of the molecule is Cn1c(=O)n(C2CCC(=O)P(Cc3ccccc3)C2=O)c2cccc(Br)c21. The fourth-order valence-corrected chi connectivity index (χ4v) is 6.46. The van der Waals surface area contributed by atoms with Crippen molar-refractivity contribution in [2.24, 2.45) is 7.05 Å². The van der Waals surface area contributed by atoms with Crippen LogP contribution in [-0.4, -0.2) is 20.2 Å². The maximum atomic E-state index is 13.3. The van der Waals surface area contributed by atoms with Crippen LogP contribution < -0.4 is 5.69 Å². The molecule has 0 N–H and O–H groups in total. The van der Waals surface area contributed by atoms with E-state index in [4.69, 9.17) is 0 Å². The highest BCUT2D eigenvalue weighted by atomic mass is 79.9. The molecule has 1 fully saturated rings. The average Bonchev–Trinajstić information content (AvgIpc) is 2.92. The number of aromatic nitrogens is 2. The molecule has 1 saturated heterocycles. The van der Waals surface area contributed by atoms with Gasteiger partial charge in [0, 0.05) is 32.0 Å². The summed E-state index contributed by atoms with van der Waals surface area (Å²) in [5.41, 5.74) is 2.18. The Morgan fingerprint density at radius 2 is 1.81 bits per heavy atom. The van der Waals surface area contributed by atoms with Crippen LogP contribution in [0.1, 0.15) is 24.4 Å². The third-order valence-electron chi connectivity index (χ3n) is 5.03. The van der Waals surface area contributed by atoms with Crippen molar-refractivity contribution in [1.82, 2.24) is 9.13 Å². The number of benzene rings is 2. The normalized spacial score (nSPS) is 20.4. The van der Waals surface area contributed by atoms with Crippen molar-refractivity contribution in [3.63, 3.8) is 0 Å². The van der Waals surface area contributed by atoms with Crippen LogP contribution in [0, 0.1) is 0 Å². The minimum atomic E-state index is -1.46. The molecule has 5 nitrogen and oxygen atoms in total. The Morgan fingerprint density at radius 1 is 1.07 bits per heavy atom. The third-order valence-corrected chi connectivity index (χ3v) is 8.01. The molecule has 0 spiro atoms. The number of carbonyl (C=O) groups is 2. The van der Waals surface area contributed by atoms with Crippen LogP contribution in [-0.2, 0) is 22.8 Å². The van der Waals surface area contributed by atoms with Crippen LogP contribution in [0.5, 0.6) is 0 Å². The Labute approximate surface area is 165 Å². The van der Waals surface area contributed by atoms with Gasteiger partial charge < -0.3 is 0 Å². The maximum absolute atomic E-state index is 13.3. The summed E-state index contributed by atoms with van der Waals surface area (Å²) in [7, 11) is 0.247. The van der Waals surface area contributed by atoms with Gasteiger partial charge in [-0.25, -0.2) is 4.79 Å². The second kappa shape index (κ2) is 7.17. The molecule has 0 radical (unpaired) electrons.